The maximum atomic E-state index is 5.64. The second-order valence-electron chi connectivity index (χ2n) is 4.71. The second kappa shape index (κ2) is 6.79. The Morgan fingerprint density at radius 3 is 2.91 bits per heavy atom. The first-order valence-corrected chi connectivity index (χ1v) is 7.16. The molecule has 0 radical (unpaired) electrons. The molecule has 8 nitrogen and oxygen atoms in total. The Morgan fingerprint density at radius 1 is 1.18 bits per heavy atom. The zero-order chi connectivity index (χ0) is 15.2. The molecule has 8 heteroatoms. The predicted molar refractivity (Wildman–Crippen MR) is 78.3 cm³/mol. The summed E-state index contributed by atoms with van der Waals surface area (Å²) in [6.07, 6.45) is 4.16. The van der Waals surface area contributed by atoms with Gasteiger partial charge in [0.1, 0.15) is 5.75 Å². The average molecular weight is 299 g/mol. The van der Waals surface area contributed by atoms with Gasteiger partial charge in [-0.1, -0.05) is 23.4 Å². The quantitative estimate of drug-likeness (QED) is 0.646. The number of hydrogen-bond donors (Lipinski definition) is 0. The van der Waals surface area contributed by atoms with E-state index in [-0.39, 0.29) is 0 Å². The first-order valence-electron chi connectivity index (χ1n) is 7.16. The first kappa shape index (κ1) is 14.2. The highest BCUT2D eigenvalue weighted by Crippen LogP contribution is 2.19. The molecule has 114 valence electrons. The van der Waals surface area contributed by atoms with Gasteiger partial charge in [-0.05, 0) is 23.4 Å². The molecule has 0 spiro atoms. The minimum Gasteiger partial charge on any atom is -0.494 e. The third kappa shape index (κ3) is 3.27. The van der Waals surface area contributed by atoms with Crippen LogP contribution in [-0.2, 0) is 19.5 Å². The number of hydrogen-bond acceptors (Lipinski definition) is 6. The number of aryl methyl sites for hydroxylation is 2. The molecule has 0 unspecified atom stereocenters. The van der Waals surface area contributed by atoms with Gasteiger partial charge in [-0.2, -0.15) is 0 Å². The average Bonchev–Trinajstić information content (AvgIpc) is 3.19. The van der Waals surface area contributed by atoms with Gasteiger partial charge in [0.2, 0.25) is 0 Å². The number of benzene rings is 1. The molecule has 0 amide bonds. The van der Waals surface area contributed by atoms with E-state index in [0.29, 0.717) is 26.1 Å². The number of tetrazole rings is 1. The molecule has 22 heavy (non-hydrogen) atoms. The fourth-order valence-corrected chi connectivity index (χ4v) is 2.18. The van der Waals surface area contributed by atoms with E-state index in [1.54, 1.807) is 15.6 Å². The molecule has 2 heterocycles. The smallest absolute Gasteiger partial charge is 0.153 e. The summed E-state index contributed by atoms with van der Waals surface area (Å²) in [5, 5.41) is 19.6. The zero-order valence-corrected chi connectivity index (χ0v) is 12.3. The maximum absolute atomic E-state index is 5.64. The molecule has 0 N–H and O–H groups in total. The summed E-state index contributed by atoms with van der Waals surface area (Å²) in [6.45, 7) is 3.87. The van der Waals surface area contributed by atoms with Crippen LogP contribution in [0.5, 0.6) is 5.75 Å². The second-order valence-corrected chi connectivity index (χ2v) is 4.71. The molecule has 0 atom stereocenters. The van der Waals surface area contributed by atoms with Gasteiger partial charge < -0.3 is 4.74 Å². The number of nitrogens with zero attached hydrogens (tertiary/aromatic N) is 7. The Labute approximate surface area is 127 Å². The zero-order valence-electron chi connectivity index (χ0n) is 12.3. The highest BCUT2D eigenvalue weighted by Gasteiger charge is 2.10. The summed E-state index contributed by atoms with van der Waals surface area (Å²) in [6, 6.07) is 7.92. The molecule has 0 fully saturated rings. The molecule has 3 aromatic rings. The van der Waals surface area contributed by atoms with Crippen LogP contribution in [0.4, 0.5) is 0 Å². The standard InChI is InChI=1S/C14H17N7O/c1-2-22-13-6-4-3-5-12(13)11-21-14(16-17-19-21)7-9-20-10-8-15-18-20/h3-6,8,10H,2,7,9,11H2,1H3. The Bertz CT molecular complexity index is 708. The monoisotopic (exact) mass is 299 g/mol. The lowest BCUT2D eigenvalue weighted by atomic mass is 10.2. The van der Waals surface area contributed by atoms with Crippen molar-refractivity contribution in [3.05, 3.63) is 48.0 Å². The molecule has 2 aromatic heterocycles. The van der Waals surface area contributed by atoms with Gasteiger partial charge in [-0.15, -0.1) is 10.2 Å². The van der Waals surface area contributed by atoms with Crippen molar-refractivity contribution in [1.82, 2.24) is 35.2 Å². The van der Waals surface area contributed by atoms with E-state index in [9.17, 15) is 0 Å². The lowest BCUT2D eigenvalue weighted by Crippen LogP contribution is -2.11. The van der Waals surface area contributed by atoms with Gasteiger partial charge in [-0.25, -0.2) is 4.68 Å². The van der Waals surface area contributed by atoms with Crippen molar-refractivity contribution in [1.29, 1.82) is 0 Å². The van der Waals surface area contributed by atoms with E-state index in [4.69, 9.17) is 4.74 Å². The highest BCUT2D eigenvalue weighted by atomic mass is 16.5. The van der Waals surface area contributed by atoms with Crippen LogP contribution in [0.1, 0.15) is 18.3 Å². The fourth-order valence-electron chi connectivity index (χ4n) is 2.18. The maximum Gasteiger partial charge on any atom is 0.153 e. The molecule has 0 aliphatic carbocycles. The Balaban J connectivity index is 1.72. The predicted octanol–water partition coefficient (Wildman–Crippen LogP) is 0.954. The lowest BCUT2D eigenvalue weighted by Gasteiger charge is -2.10. The molecule has 3 rings (SSSR count). The Morgan fingerprint density at radius 2 is 2.09 bits per heavy atom. The summed E-state index contributed by atoms with van der Waals surface area (Å²) in [5.74, 6) is 1.67. The number of rotatable bonds is 7. The van der Waals surface area contributed by atoms with Crippen LogP contribution in [0, 0.1) is 0 Å². The number of aromatic nitrogens is 7. The van der Waals surface area contributed by atoms with Crippen LogP contribution in [0.25, 0.3) is 0 Å². The van der Waals surface area contributed by atoms with Gasteiger partial charge in [0.25, 0.3) is 0 Å². The van der Waals surface area contributed by atoms with Crippen LogP contribution in [0.3, 0.4) is 0 Å². The molecule has 0 bridgehead atoms. The van der Waals surface area contributed by atoms with Gasteiger partial charge in [0, 0.05) is 24.7 Å². The summed E-state index contributed by atoms with van der Waals surface area (Å²) < 4.78 is 9.18. The summed E-state index contributed by atoms with van der Waals surface area (Å²) >= 11 is 0. The highest BCUT2D eigenvalue weighted by molar-refractivity contribution is 5.33. The third-order valence-electron chi connectivity index (χ3n) is 3.24. The number of para-hydroxylation sites is 1. The van der Waals surface area contributed by atoms with Crippen molar-refractivity contribution in [2.45, 2.75) is 26.4 Å². The van der Waals surface area contributed by atoms with E-state index in [1.807, 2.05) is 37.4 Å². The van der Waals surface area contributed by atoms with E-state index in [1.165, 1.54) is 0 Å². The van der Waals surface area contributed by atoms with Crippen LogP contribution < -0.4 is 4.74 Å². The van der Waals surface area contributed by atoms with Crippen LogP contribution in [0.15, 0.2) is 36.7 Å². The topological polar surface area (TPSA) is 83.5 Å². The molecule has 0 saturated heterocycles. The summed E-state index contributed by atoms with van der Waals surface area (Å²) in [5.41, 5.74) is 1.05. The van der Waals surface area contributed by atoms with Crippen molar-refractivity contribution in [3.63, 3.8) is 0 Å². The minimum atomic E-state index is 0.579. The van der Waals surface area contributed by atoms with Crippen molar-refractivity contribution in [2.24, 2.45) is 0 Å². The Hall–Kier alpha value is -2.77. The summed E-state index contributed by atoms with van der Waals surface area (Å²) in [7, 11) is 0. The van der Waals surface area contributed by atoms with Crippen LogP contribution in [0.2, 0.25) is 0 Å². The van der Waals surface area contributed by atoms with Crippen LogP contribution >= 0.6 is 0 Å². The van der Waals surface area contributed by atoms with Crippen molar-refractivity contribution >= 4 is 0 Å². The summed E-state index contributed by atoms with van der Waals surface area (Å²) in [4.78, 5) is 0. The molecule has 0 aliphatic rings. The molecular formula is C14H17N7O. The lowest BCUT2D eigenvalue weighted by molar-refractivity contribution is 0.335. The van der Waals surface area contributed by atoms with Crippen molar-refractivity contribution < 1.29 is 4.74 Å². The van der Waals surface area contributed by atoms with Crippen LogP contribution in [-0.4, -0.2) is 41.8 Å². The van der Waals surface area contributed by atoms with Gasteiger partial charge >= 0.3 is 0 Å². The molecule has 1 aromatic carbocycles. The molecule has 0 saturated carbocycles. The van der Waals surface area contributed by atoms with Gasteiger partial charge in [0.05, 0.1) is 19.3 Å². The van der Waals surface area contributed by atoms with E-state index in [0.717, 1.165) is 17.1 Å². The van der Waals surface area contributed by atoms with Gasteiger partial charge in [-0.3, -0.25) is 4.68 Å². The van der Waals surface area contributed by atoms with E-state index >= 15 is 0 Å². The first-order chi connectivity index (χ1) is 10.9. The normalized spacial score (nSPS) is 10.8. The molecule has 0 aliphatic heterocycles. The number of ether oxygens (including phenoxy) is 1. The van der Waals surface area contributed by atoms with Crippen molar-refractivity contribution in [2.75, 3.05) is 6.61 Å². The molecular weight excluding hydrogens is 282 g/mol. The van der Waals surface area contributed by atoms with Crippen molar-refractivity contribution in [3.8, 4) is 5.75 Å². The fraction of sp³-hybridized carbons (Fsp3) is 0.357. The SMILES string of the molecule is CCOc1ccccc1Cn1nnnc1CCn1ccnn1. The largest absolute Gasteiger partial charge is 0.494 e. The third-order valence-corrected chi connectivity index (χ3v) is 3.24. The van der Waals surface area contributed by atoms with E-state index < -0.39 is 0 Å². The van der Waals surface area contributed by atoms with Gasteiger partial charge in [0.15, 0.2) is 5.82 Å². The Kier molecular flexibility index (Phi) is 4.38. The van der Waals surface area contributed by atoms with E-state index in [2.05, 4.69) is 25.8 Å². The minimum absolute atomic E-state index is 0.579.